The molecule has 0 bridgehead atoms. The molecule has 1 atom stereocenters. The van der Waals surface area contributed by atoms with Gasteiger partial charge in [-0.3, -0.25) is 9.48 Å². The Kier molecular flexibility index (Phi) is 5.66. The molecule has 5 nitrogen and oxygen atoms in total. The molecule has 1 aliphatic carbocycles. The van der Waals surface area contributed by atoms with Gasteiger partial charge in [-0.1, -0.05) is 58.2 Å². The number of amides is 1. The Morgan fingerprint density at radius 3 is 2.62 bits per heavy atom. The molecule has 0 saturated heterocycles. The molecule has 1 aromatic carbocycles. The van der Waals surface area contributed by atoms with Gasteiger partial charge in [0.1, 0.15) is 0 Å². The fourth-order valence-electron chi connectivity index (χ4n) is 3.81. The van der Waals surface area contributed by atoms with Crippen LogP contribution in [0.4, 0.5) is 0 Å². The first-order valence-corrected chi connectivity index (χ1v) is 9.77. The molecule has 1 saturated carbocycles. The maximum absolute atomic E-state index is 12.9. The number of rotatable bonds is 5. The molecule has 2 aromatic rings. The van der Waals surface area contributed by atoms with Crippen LogP contribution in [0.1, 0.15) is 63.4 Å². The highest BCUT2D eigenvalue weighted by molar-refractivity contribution is 6.05. The summed E-state index contributed by atoms with van der Waals surface area (Å²) >= 11 is 0. The van der Waals surface area contributed by atoms with E-state index in [9.17, 15) is 9.90 Å². The van der Waals surface area contributed by atoms with Gasteiger partial charge in [-0.25, -0.2) is 0 Å². The van der Waals surface area contributed by atoms with Crippen molar-refractivity contribution in [1.29, 1.82) is 0 Å². The minimum absolute atomic E-state index is 0.0873. The highest BCUT2D eigenvalue weighted by Crippen LogP contribution is 2.27. The third kappa shape index (κ3) is 4.09. The van der Waals surface area contributed by atoms with Crippen LogP contribution in [-0.2, 0) is 6.54 Å². The summed E-state index contributed by atoms with van der Waals surface area (Å²) in [7, 11) is 0. The van der Waals surface area contributed by atoms with Crippen molar-refractivity contribution in [3.8, 4) is 0 Å². The van der Waals surface area contributed by atoms with Crippen molar-refractivity contribution in [1.82, 2.24) is 15.1 Å². The van der Waals surface area contributed by atoms with Crippen molar-refractivity contribution in [2.45, 2.75) is 65.5 Å². The maximum atomic E-state index is 12.9. The van der Waals surface area contributed by atoms with Gasteiger partial charge < -0.3 is 10.4 Å². The van der Waals surface area contributed by atoms with Crippen LogP contribution in [0.25, 0.3) is 10.9 Å². The predicted octanol–water partition coefficient (Wildman–Crippen LogP) is 3.75. The minimum atomic E-state index is -0.308. The number of carbonyl (C=O) groups excluding carboxylic acids is 1. The molecule has 26 heavy (non-hydrogen) atoms. The smallest absolute Gasteiger partial charge is 0.272 e. The van der Waals surface area contributed by atoms with Crippen molar-refractivity contribution in [3.63, 3.8) is 0 Å². The largest absolute Gasteiger partial charge is 0.394 e. The number of aliphatic hydroxyl groups is 1. The molecule has 1 amide bonds. The zero-order valence-corrected chi connectivity index (χ0v) is 16.2. The Balaban J connectivity index is 1.87. The quantitative estimate of drug-likeness (QED) is 0.856. The number of nitrogens with one attached hydrogen (secondary N) is 1. The average molecular weight is 357 g/mol. The number of aromatic nitrogens is 2. The van der Waals surface area contributed by atoms with Crippen LogP contribution >= 0.6 is 0 Å². The van der Waals surface area contributed by atoms with Gasteiger partial charge in [-0.2, -0.15) is 5.10 Å². The van der Waals surface area contributed by atoms with Gasteiger partial charge in [-0.15, -0.1) is 0 Å². The maximum Gasteiger partial charge on any atom is 0.272 e. The lowest BCUT2D eigenvalue weighted by Crippen LogP contribution is -2.46. The Morgan fingerprint density at radius 2 is 1.96 bits per heavy atom. The molecular weight excluding hydrogens is 326 g/mol. The standard InChI is InChI=1S/C21H31N3O2/c1-21(2,3)18(14-25)22-20(26)19-16-11-7-8-12-17(16)24(23-19)13-15-9-5-4-6-10-15/h7-8,11-12,15,18,25H,4-6,9-10,13-14H2,1-3H3,(H,22,26)/t18-/m1/s1. The lowest BCUT2D eigenvalue weighted by molar-refractivity contribution is 0.0843. The first-order chi connectivity index (χ1) is 12.4. The minimum Gasteiger partial charge on any atom is -0.394 e. The van der Waals surface area contributed by atoms with Gasteiger partial charge in [0.05, 0.1) is 18.2 Å². The van der Waals surface area contributed by atoms with Crippen LogP contribution in [0, 0.1) is 11.3 Å². The van der Waals surface area contributed by atoms with E-state index in [2.05, 4.69) is 10.4 Å². The van der Waals surface area contributed by atoms with Crippen LogP contribution in [0.2, 0.25) is 0 Å². The van der Waals surface area contributed by atoms with Crippen LogP contribution in [-0.4, -0.2) is 33.4 Å². The molecule has 0 unspecified atom stereocenters. The third-order valence-electron chi connectivity index (χ3n) is 5.56. The number of hydrogen-bond acceptors (Lipinski definition) is 3. The van der Waals surface area contributed by atoms with Gasteiger partial charge >= 0.3 is 0 Å². The number of nitrogens with zero attached hydrogens (tertiary/aromatic N) is 2. The number of fused-ring (bicyclic) bond motifs is 1. The summed E-state index contributed by atoms with van der Waals surface area (Å²) in [6.45, 7) is 6.81. The third-order valence-corrected chi connectivity index (χ3v) is 5.56. The molecular formula is C21H31N3O2. The van der Waals surface area contributed by atoms with Crippen molar-refractivity contribution < 1.29 is 9.90 Å². The highest BCUT2D eigenvalue weighted by atomic mass is 16.3. The van der Waals surface area contributed by atoms with Crippen molar-refractivity contribution in [3.05, 3.63) is 30.0 Å². The molecule has 2 N–H and O–H groups in total. The van der Waals surface area contributed by atoms with Gasteiger partial charge in [-0.05, 0) is 30.2 Å². The lowest BCUT2D eigenvalue weighted by Gasteiger charge is -2.29. The molecule has 1 fully saturated rings. The van der Waals surface area contributed by atoms with Crippen LogP contribution < -0.4 is 5.32 Å². The monoisotopic (exact) mass is 357 g/mol. The summed E-state index contributed by atoms with van der Waals surface area (Å²) < 4.78 is 2.01. The van der Waals surface area contributed by atoms with E-state index in [4.69, 9.17) is 0 Å². The number of aliphatic hydroxyl groups excluding tert-OH is 1. The molecule has 0 spiro atoms. The molecule has 1 heterocycles. The van der Waals surface area contributed by atoms with Gasteiger partial charge in [0.15, 0.2) is 5.69 Å². The van der Waals surface area contributed by atoms with Gasteiger partial charge in [0.25, 0.3) is 5.91 Å². The van der Waals surface area contributed by atoms with Crippen molar-refractivity contribution in [2.75, 3.05) is 6.61 Å². The zero-order chi connectivity index (χ0) is 18.7. The van der Waals surface area contributed by atoms with E-state index in [1.807, 2.05) is 49.7 Å². The Labute approximate surface area is 155 Å². The number of carbonyl (C=O) groups is 1. The average Bonchev–Trinajstić information content (AvgIpc) is 2.98. The van der Waals surface area contributed by atoms with Crippen molar-refractivity contribution >= 4 is 16.8 Å². The molecule has 5 heteroatoms. The molecule has 1 aliphatic rings. The zero-order valence-electron chi connectivity index (χ0n) is 16.2. The number of para-hydroxylation sites is 1. The van der Waals surface area contributed by atoms with E-state index in [0.29, 0.717) is 11.6 Å². The summed E-state index contributed by atoms with van der Waals surface area (Å²) in [5.41, 5.74) is 1.25. The fraction of sp³-hybridized carbons (Fsp3) is 0.619. The second-order valence-corrected chi connectivity index (χ2v) is 8.63. The lowest BCUT2D eigenvalue weighted by atomic mass is 9.87. The molecule has 0 aliphatic heterocycles. The first kappa shape index (κ1) is 18.9. The van der Waals surface area contributed by atoms with Crippen molar-refractivity contribution in [2.24, 2.45) is 11.3 Å². The Morgan fingerprint density at radius 1 is 1.27 bits per heavy atom. The second kappa shape index (κ2) is 7.78. The van der Waals surface area contributed by atoms with E-state index in [-0.39, 0.29) is 24.0 Å². The second-order valence-electron chi connectivity index (χ2n) is 8.63. The topological polar surface area (TPSA) is 67.2 Å². The number of benzene rings is 1. The van der Waals surface area contributed by atoms with Gasteiger partial charge in [0, 0.05) is 11.9 Å². The highest BCUT2D eigenvalue weighted by Gasteiger charge is 2.28. The van der Waals surface area contributed by atoms with Crippen LogP contribution in [0.5, 0.6) is 0 Å². The predicted molar refractivity (Wildman–Crippen MR) is 104 cm³/mol. The summed E-state index contributed by atoms with van der Waals surface area (Å²) in [4.78, 5) is 12.9. The summed E-state index contributed by atoms with van der Waals surface area (Å²) in [6.07, 6.45) is 6.40. The Hall–Kier alpha value is -1.88. The first-order valence-electron chi connectivity index (χ1n) is 9.77. The van der Waals surface area contributed by atoms with E-state index in [1.54, 1.807) is 0 Å². The molecule has 1 aromatic heterocycles. The van der Waals surface area contributed by atoms with E-state index < -0.39 is 0 Å². The normalized spacial score (nSPS) is 17.4. The van der Waals surface area contributed by atoms with E-state index in [1.165, 1.54) is 32.1 Å². The van der Waals surface area contributed by atoms with Crippen LogP contribution in [0.15, 0.2) is 24.3 Å². The molecule has 3 rings (SSSR count). The molecule has 0 radical (unpaired) electrons. The summed E-state index contributed by atoms with van der Waals surface area (Å²) in [6, 6.07) is 7.63. The van der Waals surface area contributed by atoms with E-state index in [0.717, 1.165) is 17.4 Å². The molecule has 142 valence electrons. The van der Waals surface area contributed by atoms with E-state index >= 15 is 0 Å². The number of hydrogen-bond donors (Lipinski definition) is 2. The van der Waals surface area contributed by atoms with Crippen LogP contribution in [0.3, 0.4) is 0 Å². The Bertz CT molecular complexity index is 754. The fourth-order valence-corrected chi connectivity index (χ4v) is 3.81. The summed E-state index contributed by atoms with van der Waals surface area (Å²) in [5, 5.41) is 18.2. The van der Waals surface area contributed by atoms with Gasteiger partial charge in [0.2, 0.25) is 0 Å². The SMILES string of the molecule is CC(C)(C)[C@@H](CO)NC(=O)c1nn(CC2CCCCC2)c2ccccc12. The summed E-state index contributed by atoms with van der Waals surface area (Å²) in [5.74, 6) is 0.431.